The molecule has 6 heteroatoms. The van der Waals surface area contributed by atoms with Gasteiger partial charge in [0.2, 0.25) is 0 Å². The summed E-state index contributed by atoms with van der Waals surface area (Å²) in [5.41, 5.74) is 2.07. The van der Waals surface area contributed by atoms with Crippen molar-refractivity contribution in [1.82, 2.24) is 5.01 Å². The van der Waals surface area contributed by atoms with Gasteiger partial charge in [-0.1, -0.05) is 30.3 Å². The van der Waals surface area contributed by atoms with Crippen LogP contribution in [0.2, 0.25) is 0 Å². The summed E-state index contributed by atoms with van der Waals surface area (Å²) in [5, 5.41) is 16.1. The fourth-order valence-electron chi connectivity index (χ4n) is 3.28. The van der Waals surface area contributed by atoms with E-state index in [1.54, 1.807) is 37.4 Å². The molecule has 1 aliphatic rings. The SMILES string of the molecule is COc1ccccc1C1CC(c2ccccc2O)=NN1C(=O)c1ccco1. The van der Waals surface area contributed by atoms with Crippen molar-refractivity contribution in [1.29, 1.82) is 0 Å². The van der Waals surface area contributed by atoms with Crippen LogP contribution in [0.4, 0.5) is 0 Å². The summed E-state index contributed by atoms with van der Waals surface area (Å²) in [5.74, 6) is 0.661. The van der Waals surface area contributed by atoms with Gasteiger partial charge in [-0.2, -0.15) is 5.10 Å². The Bertz CT molecular complexity index is 995. The van der Waals surface area contributed by atoms with Gasteiger partial charge < -0.3 is 14.3 Å². The first-order chi connectivity index (χ1) is 13.2. The van der Waals surface area contributed by atoms with Gasteiger partial charge in [0.25, 0.3) is 0 Å². The first-order valence-electron chi connectivity index (χ1n) is 8.55. The minimum absolute atomic E-state index is 0.127. The number of furan rings is 1. The number of hydrazone groups is 1. The molecule has 3 aromatic rings. The molecule has 0 spiro atoms. The van der Waals surface area contributed by atoms with E-state index < -0.39 is 0 Å². The number of benzene rings is 2. The Labute approximate surface area is 156 Å². The fourth-order valence-corrected chi connectivity index (χ4v) is 3.28. The molecular weight excluding hydrogens is 344 g/mol. The van der Waals surface area contributed by atoms with Crippen molar-refractivity contribution in [2.75, 3.05) is 7.11 Å². The van der Waals surface area contributed by atoms with Crippen LogP contribution in [-0.4, -0.2) is 28.8 Å². The Balaban J connectivity index is 1.78. The highest BCUT2D eigenvalue weighted by Gasteiger charge is 2.36. The first kappa shape index (κ1) is 16.9. The topological polar surface area (TPSA) is 75.3 Å². The van der Waals surface area contributed by atoms with E-state index in [-0.39, 0.29) is 23.5 Å². The highest BCUT2D eigenvalue weighted by molar-refractivity contribution is 6.06. The van der Waals surface area contributed by atoms with Crippen LogP contribution in [0.3, 0.4) is 0 Å². The molecule has 0 saturated carbocycles. The van der Waals surface area contributed by atoms with Crippen LogP contribution in [0.1, 0.15) is 34.1 Å². The number of hydrogen-bond donors (Lipinski definition) is 1. The zero-order valence-electron chi connectivity index (χ0n) is 14.7. The Morgan fingerprint density at radius 3 is 2.67 bits per heavy atom. The number of phenolic OH excluding ortho intramolecular Hbond substituents is 1. The third kappa shape index (κ3) is 3.06. The first-order valence-corrected chi connectivity index (χ1v) is 8.55. The van der Waals surface area contributed by atoms with Crippen LogP contribution < -0.4 is 4.74 Å². The van der Waals surface area contributed by atoms with E-state index in [9.17, 15) is 9.90 Å². The van der Waals surface area contributed by atoms with Gasteiger partial charge in [0.15, 0.2) is 5.76 Å². The summed E-state index contributed by atoms with van der Waals surface area (Å²) >= 11 is 0. The minimum Gasteiger partial charge on any atom is -0.507 e. The van der Waals surface area contributed by atoms with Gasteiger partial charge in [-0.3, -0.25) is 4.79 Å². The molecule has 0 bridgehead atoms. The van der Waals surface area contributed by atoms with E-state index in [0.717, 1.165) is 5.56 Å². The Morgan fingerprint density at radius 1 is 1.15 bits per heavy atom. The third-order valence-electron chi connectivity index (χ3n) is 4.56. The number of rotatable bonds is 4. The van der Waals surface area contributed by atoms with Crippen molar-refractivity contribution < 1.29 is 19.1 Å². The van der Waals surface area contributed by atoms with Gasteiger partial charge in [-0.05, 0) is 30.3 Å². The molecule has 136 valence electrons. The lowest BCUT2D eigenvalue weighted by Crippen LogP contribution is -2.27. The van der Waals surface area contributed by atoms with Gasteiger partial charge in [0, 0.05) is 17.5 Å². The number of carbonyl (C=O) groups is 1. The number of methoxy groups -OCH3 is 1. The second-order valence-corrected chi connectivity index (χ2v) is 6.15. The molecule has 0 saturated heterocycles. The van der Waals surface area contributed by atoms with E-state index in [1.165, 1.54) is 11.3 Å². The van der Waals surface area contributed by atoms with Crippen LogP contribution in [0.5, 0.6) is 11.5 Å². The summed E-state index contributed by atoms with van der Waals surface area (Å²) in [6.45, 7) is 0. The molecule has 1 aromatic heterocycles. The highest BCUT2D eigenvalue weighted by atomic mass is 16.5. The van der Waals surface area contributed by atoms with Gasteiger partial charge in [0.1, 0.15) is 11.5 Å². The molecule has 1 aliphatic heterocycles. The lowest BCUT2D eigenvalue weighted by atomic mass is 9.97. The van der Waals surface area contributed by atoms with Crippen LogP contribution in [0.25, 0.3) is 0 Å². The van der Waals surface area contributed by atoms with Crippen molar-refractivity contribution in [2.45, 2.75) is 12.5 Å². The number of para-hydroxylation sites is 2. The number of hydrogen-bond acceptors (Lipinski definition) is 5. The van der Waals surface area contributed by atoms with Crippen molar-refractivity contribution in [3.8, 4) is 11.5 Å². The minimum atomic E-state index is -0.367. The van der Waals surface area contributed by atoms with Crippen LogP contribution in [-0.2, 0) is 0 Å². The summed E-state index contributed by atoms with van der Waals surface area (Å²) in [6.07, 6.45) is 1.90. The molecule has 1 unspecified atom stereocenters. The predicted molar refractivity (Wildman–Crippen MR) is 99.9 cm³/mol. The summed E-state index contributed by atoms with van der Waals surface area (Å²) in [7, 11) is 1.59. The fraction of sp³-hybridized carbons (Fsp3) is 0.143. The molecule has 1 amide bonds. The monoisotopic (exact) mass is 362 g/mol. The molecule has 0 radical (unpaired) electrons. The molecular formula is C21H18N2O4. The average molecular weight is 362 g/mol. The number of amides is 1. The quantitative estimate of drug-likeness (QED) is 0.762. The molecule has 2 heterocycles. The number of aromatic hydroxyl groups is 1. The van der Waals surface area contributed by atoms with E-state index in [2.05, 4.69) is 5.10 Å². The normalized spacial score (nSPS) is 16.3. The molecule has 27 heavy (non-hydrogen) atoms. The summed E-state index contributed by atoms with van der Waals surface area (Å²) < 4.78 is 10.8. The highest BCUT2D eigenvalue weighted by Crippen LogP contribution is 2.39. The maximum Gasteiger partial charge on any atom is 0.310 e. The average Bonchev–Trinajstić information content (AvgIpc) is 3.38. The van der Waals surface area contributed by atoms with Crippen LogP contribution in [0.15, 0.2) is 76.4 Å². The smallest absolute Gasteiger partial charge is 0.310 e. The molecule has 1 N–H and O–H groups in total. The number of ether oxygens (including phenoxy) is 1. The van der Waals surface area contributed by atoms with Crippen molar-refractivity contribution in [3.63, 3.8) is 0 Å². The van der Waals surface area contributed by atoms with E-state index >= 15 is 0 Å². The van der Waals surface area contributed by atoms with Gasteiger partial charge in [-0.25, -0.2) is 5.01 Å². The zero-order chi connectivity index (χ0) is 18.8. The molecule has 0 fully saturated rings. The second-order valence-electron chi connectivity index (χ2n) is 6.15. The third-order valence-corrected chi connectivity index (χ3v) is 4.56. The van der Waals surface area contributed by atoms with Gasteiger partial charge in [-0.15, -0.1) is 0 Å². The van der Waals surface area contributed by atoms with Crippen LogP contribution >= 0.6 is 0 Å². The molecule has 0 aliphatic carbocycles. The van der Waals surface area contributed by atoms with E-state index in [4.69, 9.17) is 9.15 Å². The Kier molecular flexibility index (Phi) is 4.38. The zero-order valence-corrected chi connectivity index (χ0v) is 14.7. The second kappa shape index (κ2) is 6.99. The standard InChI is InChI=1S/C21H18N2O4/c1-26-19-10-5-3-8-15(19)17-13-16(14-7-2-4-9-18(14)24)22-23(17)21(25)20-11-6-12-27-20/h2-12,17,24H,13H2,1H3. The summed E-state index contributed by atoms with van der Waals surface area (Å²) in [6, 6.07) is 17.4. The van der Waals surface area contributed by atoms with E-state index in [0.29, 0.717) is 23.4 Å². The van der Waals surface area contributed by atoms with Gasteiger partial charge >= 0.3 is 5.91 Å². The Hall–Kier alpha value is -3.54. The van der Waals surface area contributed by atoms with E-state index in [1.807, 2.05) is 30.3 Å². The lowest BCUT2D eigenvalue weighted by Gasteiger charge is -2.22. The largest absolute Gasteiger partial charge is 0.507 e. The maximum absolute atomic E-state index is 13.0. The maximum atomic E-state index is 13.0. The van der Waals surface area contributed by atoms with Crippen LogP contribution in [0, 0.1) is 0 Å². The van der Waals surface area contributed by atoms with Crippen molar-refractivity contribution in [2.24, 2.45) is 5.10 Å². The van der Waals surface area contributed by atoms with Crippen molar-refractivity contribution in [3.05, 3.63) is 83.8 Å². The molecule has 4 rings (SSSR count). The van der Waals surface area contributed by atoms with Gasteiger partial charge in [0.05, 0.1) is 25.1 Å². The predicted octanol–water partition coefficient (Wildman–Crippen LogP) is 3.99. The molecule has 6 nitrogen and oxygen atoms in total. The van der Waals surface area contributed by atoms with Crippen molar-refractivity contribution >= 4 is 11.6 Å². The lowest BCUT2D eigenvalue weighted by molar-refractivity contribution is 0.0677. The Morgan fingerprint density at radius 2 is 1.93 bits per heavy atom. The number of carbonyl (C=O) groups excluding carboxylic acids is 1. The summed E-state index contributed by atoms with van der Waals surface area (Å²) in [4.78, 5) is 13.0. The molecule has 1 atom stereocenters. The molecule has 2 aromatic carbocycles. The number of nitrogens with zero attached hydrogens (tertiary/aromatic N) is 2. The number of phenols is 1.